The molecule has 0 rings (SSSR count). The smallest absolute Gasteiger partial charge is 0.332 e. The second kappa shape index (κ2) is 7.99. The van der Waals surface area contributed by atoms with E-state index in [2.05, 4.69) is 11.9 Å². The van der Waals surface area contributed by atoms with Crippen molar-refractivity contribution < 1.29 is 19.4 Å². The van der Waals surface area contributed by atoms with Crippen LogP contribution in [-0.4, -0.2) is 36.7 Å². The Kier molecular flexibility index (Phi) is 7.27. The van der Waals surface area contributed by atoms with Crippen LogP contribution in [0.25, 0.3) is 0 Å². The Hall–Kier alpha value is -1.36. The number of nitrogens with one attached hydrogen (secondary N) is 1. The quantitative estimate of drug-likeness (QED) is 0.351. The van der Waals surface area contributed by atoms with Crippen LogP contribution in [0.15, 0.2) is 12.2 Å². The Bertz CT molecular complexity index is 238. The predicted molar refractivity (Wildman–Crippen MR) is 55.5 cm³/mol. The fourth-order valence-electron chi connectivity index (χ4n) is 0.906. The molecule has 5 nitrogen and oxygen atoms in total. The van der Waals surface area contributed by atoms with Crippen LogP contribution in [0, 0.1) is 0 Å². The molecule has 0 saturated heterocycles. The molecule has 0 aromatic rings. The maximum atomic E-state index is 10.9. The van der Waals surface area contributed by atoms with Gasteiger partial charge in [-0.15, -0.1) is 0 Å². The van der Waals surface area contributed by atoms with Crippen LogP contribution in [0.3, 0.4) is 0 Å². The number of hydrogen-bond acceptors (Lipinski definition) is 4. The largest absolute Gasteiger partial charge is 0.478 e. The Morgan fingerprint density at radius 3 is 2.67 bits per heavy atom. The second-order valence-corrected chi connectivity index (χ2v) is 2.99. The summed E-state index contributed by atoms with van der Waals surface area (Å²) in [4.78, 5) is 21.2. The molecule has 2 N–H and O–H groups in total. The number of esters is 1. The van der Waals surface area contributed by atoms with E-state index >= 15 is 0 Å². The highest BCUT2D eigenvalue weighted by Crippen LogP contribution is 1.92. The maximum absolute atomic E-state index is 10.9. The molecule has 5 heteroatoms. The van der Waals surface area contributed by atoms with Crippen LogP contribution in [0.4, 0.5) is 0 Å². The lowest BCUT2D eigenvalue weighted by atomic mass is 10.3. The third kappa shape index (κ3) is 7.69. The maximum Gasteiger partial charge on any atom is 0.332 e. The molecule has 0 aromatic carbocycles. The van der Waals surface area contributed by atoms with E-state index in [1.807, 2.05) is 0 Å². The number of carbonyl (C=O) groups excluding carboxylic acids is 1. The van der Waals surface area contributed by atoms with Crippen molar-refractivity contribution >= 4 is 11.9 Å². The van der Waals surface area contributed by atoms with Gasteiger partial charge in [-0.05, 0) is 19.9 Å². The minimum absolute atomic E-state index is 0.117. The van der Waals surface area contributed by atoms with E-state index in [9.17, 15) is 9.59 Å². The average Bonchev–Trinajstić information content (AvgIpc) is 2.17. The van der Waals surface area contributed by atoms with Crippen molar-refractivity contribution in [2.24, 2.45) is 0 Å². The Labute approximate surface area is 89.1 Å². The monoisotopic (exact) mass is 215 g/mol. The minimum Gasteiger partial charge on any atom is -0.478 e. The number of ether oxygens (including phenoxy) is 1. The van der Waals surface area contributed by atoms with Gasteiger partial charge < -0.3 is 15.2 Å². The highest BCUT2D eigenvalue weighted by Gasteiger charge is 2.03. The first-order valence-electron chi connectivity index (χ1n) is 4.85. The van der Waals surface area contributed by atoms with E-state index in [1.54, 1.807) is 6.92 Å². The van der Waals surface area contributed by atoms with E-state index in [0.717, 1.165) is 0 Å². The summed E-state index contributed by atoms with van der Waals surface area (Å²) in [5.74, 6) is -1.23. The van der Waals surface area contributed by atoms with Gasteiger partial charge in [0.15, 0.2) is 0 Å². The van der Waals surface area contributed by atoms with Crippen molar-refractivity contribution in [1.29, 1.82) is 0 Å². The number of carboxylic acid groups (broad SMARTS) is 1. The van der Waals surface area contributed by atoms with Crippen LogP contribution in [-0.2, 0) is 14.3 Å². The van der Waals surface area contributed by atoms with Crippen LogP contribution in [0.1, 0.15) is 19.8 Å². The molecule has 15 heavy (non-hydrogen) atoms. The fourth-order valence-corrected chi connectivity index (χ4v) is 0.906. The van der Waals surface area contributed by atoms with Crippen molar-refractivity contribution in [3.8, 4) is 0 Å². The summed E-state index contributed by atoms with van der Waals surface area (Å²) < 4.78 is 4.73. The minimum atomic E-state index is -1.01. The molecule has 0 radical (unpaired) electrons. The summed E-state index contributed by atoms with van der Waals surface area (Å²) in [6.07, 6.45) is 0.978. The zero-order chi connectivity index (χ0) is 11.7. The molecule has 0 unspecified atom stereocenters. The van der Waals surface area contributed by atoms with Gasteiger partial charge in [0, 0.05) is 18.5 Å². The average molecular weight is 215 g/mol. The van der Waals surface area contributed by atoms with E-state index in [4.69, 9.17) is 9.84 Å². The molecule has 86 valence electrons. The zero-order valence-corrected chi connectivity index (χ0v) is 8.91. The molecule has 0 aliphatic rings. The Balaban J connectivity index is 3.36. The predicted octanol–water partition coefficient (Wildman–Crippen LogP) is 0.560. The zero-order valence-electron chi connectivity index (χ0n) is 8.91. The summed E-state index contributed by atoms with van der Waals surface area (Å²) in [6.45, 7) is 6.32. The third-order valence-electron chi connectivity index (χ3n) is 1.68. The Morgan fingerprint density at radius 1 is 1.47 bits per heavy atom. The molecular formula is C10H17NO4. The SMILES string of the molecule is C=C(CNCCCC(=O)OCC)C(=O)O. The molecule has 0 amide bonds. The lowest BCUT2D eigenvalue weighted by molar-refractivity contribution is -0.143. The lowest BCUT2D eigenvalue weighted by Gasteiger charge is -2.04. The van der Waals surface area contributed by atoms with Gasteiger partial charge in [0.05, 0.1) is 6.61 Å². The number of carboxylic acids is 1. The van der Waals surface area contributed by atoms with Crippen LogP contribution < -0.4 is 5.32 Å². The van der Waals surface area contributed by atoms with Crippen LogP contribution >= 0.6 is 0 Å². The fraction of sp³-hybridized carbons (Fsp3) is 0.600. The first-order valence-corrected chi connectivity index (χ1v) is 4.85. The van der Waals surface area contributed by atoms with Crippen molar-refractivity contribution in [3.05, 3.63) is 12.2 Å². The second-order valence-electron chi connectivity index (χ2n) is 2.99. The van der Waals surface area contributed by atoms with Crippen LogP contribution in [0.5, 0.6) is 0 Å². The Morgan fingerprint density at radius 2 is 2.13 bits per heavy atom. The van der Waals surface area contributed by atoms with E-state index in [-0.39, 0.29) is 18.1 Å². The molecule has 0 saturated carbocycles. The first kappa shape index (κ1) is 13.6. The highest BCUT2D eigenvalue weighted by molar-refractivity contribution is 5.86. The molecule has 0 aromatic heterocycles. The van der Waals surface area contributed by atoms with Gasteiger partial charge in [-0.3, -0.25) is 4.79 Å². The molecule has 0 bridgehead atoms. The topological polar surface area (TPSA) is 75.6 Å². The molecule has 0 fully saturated rings. The number of aliphatic carboxylic acids is 1. The highest BCUT2D eigenvalue weighted by atomic mass is 16.5. The number of hydrogen-bond donors (Lipinski definition) is 2. The van der Waals surface area contributed by atoms with E-state index < -0.39 is 5.97 Å². The number of carbonyl (C=O) groups is 2. The van der Waals surface area contributed by atoms with Gasteiger partial charge in [-0.2, -0.15) is 0 Å². The summed E-state index contributed by atoms with van der Waals surface area (Å²) in [7, 11) is 0. The van der Waals surface area contributed by atoms with Gasteiger partial charge in [0.2, 0.25) is 0 Å². The standard InChI is InChI=1S/C10H17NO4/c1-3-15-9(12)5-4-6-11-7-8(2)10(13)14/h11H,2-7H2,1H3,(H,13,14). The van der Waals surface area contributed by atoms with Crippen molar-refractivity contribution in [3.63, 3.8) is 0 Å². The lowest BCUT2D eigenvalue weighted by Crippen LogP contribution is -2.22. The molecule has 0 heterocycles. The van der Waals surface area contributed by atoms with Gasteiger partial charge in [0.1, 0.15) is 0 Å². The number of rotatable bonds is 8. The van der Waals surface area contributed by atoms with Crippen molar-refractivity contribution in [1.82, 2.24) is 5.32 Å². The molecule has 0 atom stereocenters. The third-order valence-corrected chi connectivity index (χ3v) is 1.68. The van der Waals surface area contributed by atoms with Crippen molar-refractivity contribution in [2.45, 2.75) is 19.8 Å². The first-order chi connectivity index (χ1) is 7.07. The van der Waals surface area contributed by atoms with Gasteiger partial charge in [-0.1, -0.05) is 6.58 Å². The normalized spacial score (nSPS) is 9.67. The van der Waals surface area contributed by atoms with Crippen molar-refractivity contribution in [2.75, 3.05) is 19.7 Å². The molecule has 0 aliphatic heterocycles. The van der Waals surface area contributed by atoms with Gasteiger partial charge in [-0.25, -0.2) is 4.79 Å². The summed E-state index contributed by atoms with van der Waals surface area (Å²) >= 11 is 0. The van der Waals surface area contributed by atoms with Gasteiger partial charge >= 0.3 is 11.9 Å². The summed E-state index contributed by atoms with van der Waals surface area (Å²) in [5.41, 5.74) is 0.117. The van der Waals surface area contributed by atoms with Gasteiger partial charge in [0.25, 0.3) is 0 Å². The molecule has 0 aliphatic carbocycles. The summed E-state index contributed by atoms with van der Waals surface area (Å²) in [6, 6.07) is 0. The van der Waals surface area contributed by atoms with Crippen LogP contribution in [0.2, 0.25) is 0 Å². The molecule has 0 spiro atoms. The van der Waals surface area contributed by atoms with E-state index in [1.165, 1.54) is 0 Å². The summed E-state index contributed by atoms with van der Waals surface area (Å²) in [5, 5.41) is 11.4. The van der Waals surface area contributed by atoms with E-state index in [0.29, 0.717) is 26.0 Å². The molecular weight excluding hydrogens is 198 g/mol.